The maximum absolute atomic E-state index is 9.23. The van der Waals surface area contributed by atoms with Crippen molar-refractivity contribution < 1.29 is 5.11 Å². The van der Waals surface area contributed by atoms with Crippen LogP contribution in [0.15, 0.2) is 0 Å². The van der Waals surface area contributed by atoms with E-state index in [1.54, 1.807) is 13.8 Å². The Morgan fingerprint density at radius 3 is 2.18 bits per heavy atom. The van der Waals surface area contributed by atoms with Gasteiger partial charge in [-0.05, 0) is 13.8 Å². The fraction of sp³-hybridized carbons (Fsp3) is 0.286. The van der Waals surface area contributed by atoms with Crippen LogP contribution in [-0.4, -0.2) is 10.1 Å². The number of hydrogen-bond donors (Lipinski definition) is 1. The first-order valence-electron chi connectivity index (χ1n) is 3.05. The van der Waals surface area contributed by atoms with Crippen molar-refractivity contribution in [2.24, 2.45) is 0 Å². The smallest absolute Gasteiger partial charge is 0.156 e. The molecule has 1 rings (SSSR count). The molecule has 0 aliphatic carbocycles. The lowest BCUT2D eigenvalue weighted by atomic mass is 10.3. The number of hydrogen-bond acceptors (Lipinski definition) is 2. The van der Waals surface area contributed by atoms with Gasteiger partial charge in [-0.2, -0.15) is 0 Å². The van der Waals surface area contributed by atoms with Crippen molar-refractivity contribution >= 4 is 23.2 Å². The van der Waals surface area contributed by atoms with Crippen LogP contribution < -0.4 is 0 Å². The van der Waals surface area contributed by atoms with Crippen LogP contribution in [0.5, 0.6) is 5.75 Å². The van der Waals surface area contributed by atoms with Crippen LogP contribution in [0.3, 0.4) is 0 Å². The zero-order valence-electron chi connectivity index (χ0n) is 6.15. The summed E-state index contributed by atoms with van der Waals surface area (Å²) in [6, 6.07) is 0. The molecule has 0 aromatic carbocycles. The van der Waals surface area contributed by atoms with Crippen molar-refractivity contribution in [3.05, 3.63) is 21.4 Å². The Bertz CT molecular complexity index is 273. The van der Waals surface area contributed by atoms with Crippen molar-refractivity contribution in [1.29, 1.82) is 0 Å². The minimum Gasteiger partial charge on any atom is -0.504 e. The molecular formula is C7H7Cl2NO. The summed E-state index contributed by atoms with van der Waals surface area (Å²) in [4.78, 5) is 3.97. The third-order valence-corrected chi connectivity index (χ3v) is 2.32. The third-order valence-electron chi connectivity index (χ3n) is 1.40. The van der Waals surface area contributed by atoms with Gasteiger partial charge in [0.05, 0.1) is 16.4 Å². The van der Waals surface area contributed by atoms with Gasteiger partial charge in [-0.25, -0.2) is 0 Å². The summed E-state index contributed by atoms with van der Waals surface area (Å²) in [6.07, 6.45) is 0. The summed E-state index contributed by atoms with van der Waals surface area (Å²) in [5.74, 6) is -0.0396. The van der Waals surface area contributed by atoms with Gasteiger partial charge in [0.1, 0.15) is 5.02 Å². The number of nitrogens with zero attached hydrogens (tertiary/aromatic N) is 1. The van der Waals surface area contributed by atoms with E-state index in [1.165, 1.54) is 0 Å². The molecule has 0 bridgehead atoms. The van der Waals surface area contributed by atoms with E-state index in [0.29, 0.717) is 16.4 Å². The summed E-state index contributed by atoms with van der Waals surface area (Å²) in [5.41, 5.74) is 1.13. The Kier molecular flexibility index (Phi) is 2.25. The van der Waals surface area contributed by atoms with Crippen molar-refractivity contribution in [2.75, 3.05) is 0 Å². The monoisotopic (exact) mass is 191 g/mol. The Morgan fingerprint density at radius 1 is 1.09 bits per heavy atom. The van der Waals surface area contributed by atoms with Crippen molar-refractivity contribution in [1.82, 2.24) is 4.98 Å². The van der Waals surface area contributed by atoms with Crippen LogP contribution in [0.25, 0.3) is 0 Å². The Hall–Kier alpha value is -0.470. The first-order chi connectivity index (χ1) is 5.04. The Morgan fingerprint density at radius 2 is 1.64 bits per heavy atom. The van der Waals surface area contributed by atoms with Crippen molar-refractivity contribution in [3.8, 4) is 5.75 Å². The maximum Gasteiger partial charge on any atom is 0.156 e. The lowest BCUT2D eigenvalue weighted by molar-refractivity contribution is 0.467. The molecule has 1 aromatic rings. The predicted molar refractivity (Wildman–Crippen MR) is 45.4 cm³/mol. The minimum atomic E-state index is -0.0396. The topological polar surface area (TPSA) is 33.1 Å². The van der Waals surface area contributed by atoms with Crippen molar-refractivity contribution in [3.63, 3.8) is 0 Å². The molecule has 0 radical (unpaired) electrons. The highest BCUT2D eigenvalue weighted by molar-refractivity contribution is 6.43. The van der Waals surface area contributed by atoms with Gasteiger partial charge >= 0.3 is 0 Å². The SMILES string of the molecule is Cc1nc(C)c(Cl)c(Cl)c1O. The van der Waals surface area contributed by atoms with Crippen LogP contribution in [0, 0.1) is 13.8 Å². The quantitative estimate of drug-likeness (QED) is 0.685. The molecule has 0 saturated heterocycles. The molecule has 0 saturated carbocycles. The van der Waals surface area contributed by atoms with E-state index >= 15 is 0 Å². The second kappa shape index (κ2) is 2.88. The van der Waals surface area contributed by atoms with Gasteiger partial charge in [0, 0.05) is 0 Å². The summed E-state index contributed by atoms with van der Waals surface area (Å²) in [6.45, 7) is 3.41. The first kappa shape index (κ1) is 8.62. The lowest BCUT2D eigenvalue weighted by Gasteiger charge is -2.04. The fourth-order valence-electron chi connectivity index (χ4n) is 0.775. The molecule has 1 aromatic heterocycles. The van der Waals surface area contributed by atoms with Crippen molar-refractivity contribution in [2.45, 2.75) is 13.8 Å². The van der Waals surface area contributed by atoms with Crippen LogP contribution in [0.1, 0.15) is 11.4 Å². The second-order valence-corrected chi connectivity index (χ2v) is 3.02. The molecule has 0 atom stereocenters. The highest BCUT2D eigenvalue weighted by Gasteiger charge is 2.10. The molecule has 0 amide bonds. The molecule has 0 aliphatic heterocycles. The van der Waals surface area contributed by atoms with Gasteiger partial charge in [0.15, 0.2) is 5.75 Å². The molecule has 1 N–H and O–H groups in total. The minimum absolute atomic E-state index is 0.0396. The molecular weight excluding hydrogens is 185 g/mol. The number of aryl methyl sites for hydroxylation is 2. The Labute approximate surface area is 74.8 Å². The average Bonchev–Trinajstić information content (AvgIpc) is 1.97. The molecule has 0 spiro atoms. The van der Waals surface area contributed by atoms with Gasteiger partial charge < -0.3 is 5.11 Å². The van der Waals surface area contributed by atoms with Crippen LogP contribution in [-0.2, 0) is 0 Å². The Balaban J connectivity index is 3.46. The lowest BCUT2D eigenvalue weighted by Crippen LogP contribution is -1.88. The molecule has 1 heterocycles. The number of rotatable bonds is 0. The molecule has 11 heavy (non-hydrogen) atoms. The third kappa shape index (κ3) is 1.42. The van der Waals surface area contributed by atoms with Crippen LogP contribution in [0.2, 0.25) is 10.0 Å². The van der Waals surface area contributed by atoms with E-state index in [4.69, 9.17) is 23.2 Å². The van der Waals surface area contributed by atoms with E-state index in [-0.39, 0.29) is 10.8 Å². The zero-order chi connectivity index (χ0) is 8.59. The molecule has 60 valence electrons. The molecule has 2 nitrogen and oxygen atoms in total. The molecule has 4 heteroatoms. The van der Waals surface area contributed by atoms with E-state index in [1.807, 2.05) is 0 Å². The van der Waals surface area contributed by atoms with E-state index in [9.17, 15) is 5.11 Å². The predicted octanol–water partition coefficient (Wildman–Crippen LogP) is 2.71. The summed E-state index contributed by atoms with van der Waals surface area (Å²) < 4.78 is 0. The second-order valence-electron chi connectivity index (χ2n) is 2.26. The highest BCUT2D eigenvalue weighted by Crippen LogP contribution is 2.34. The normalized spacial score (nSPS) is 10.2. The summed E-state index contributed by atoms with van der Waals surface area (Å²) in [5, 5.41) is 9.72. The van der Waals surface area contributed by atoms with Gasteiger partial charge in [0.25, 0.3) is 0 Å². The molecule has 0 unspecified atom stereocenters. The largest absolute Gasteiger partial charge is 0.504 e. The zero-order valence-corrected chi connectivity index (χ0v) is 7.66. The first-order valence-corrected chi connectivity index (χ1v) is 3.80. The maximum atomic E-state index is 9.23. The number of aromatic hydroxyl groups is 1. The van der Waals surface area contributed by atoms with E-state index in [2.05, 4.69) is 4.98 Å². The highest BCUT2D eigenvalue weighted by atomic mass is 35.5. The summed E-state index contributed by atoms with van der Waals surface area (Å²) in [7, 11) is 0. The average molecular weight is 192 g/mol. The standard InChI is InChI=1S/C7H7Cl2NO/c1-3-5(8)6(9)7(11)4(2)10-3/h11H,1-2H3. The van der Waals surface area contributed by atoms with E-state index < -0.39 is 0 Å². The van der Waals surface area contributed by atoms with Crippen LogP contribution >= 0.6 is 23.2 Å². The fourth-order valence-corrected chi connectivity index (χ4v) is 1.18. The summed E-state index contributed by atoms with van der Waals surface area (Å²) >= 11 is 11.4. The van der Waals surface area contributed by atoms with Gasteiger partial charge in [-0.1, -0.05) is 23.2 Å². The van der Waals surface area contributed by atoms with E-state index in [0.717, 1.165) is 0 Å². The van der Waals surface area contributed by atoms with Gasteiger partial charge in [0.2, 0.25) is 0 Å². The number of aromatic nitrogens is 1. The number of pyridine rings is 1. The van der Waals surface area contributed by atoms with Gasteiger partial charge in [-0.3, -0.25) is 4.98 Å². The van der Waals surface area contributed by atoms with Gasteiger partial charge in [-0.15, -0.1) is 0 Å². The molecule has 0 fully saturated rings. The molecule has 0 aliphatic rings. The number of halogens is 2. The van der Waals surface area contributed by atoms with Crippen LogP contribution in [0.4, 0.5) is 0 Å².